The van der Waals surface area contributed by atoms with E-state index in [0.29, 0.717) is 0 Å². The van der Waals surface area contributed by atoms with E-state index in [9.17, 15) is 0 Å². The zero-order chi connectivity index (χ0) is 8.97. The highest BCUT2D eigenvalue weighted by Crippen LogP contribution is 2.35. The lowest BCUT2D eigenvalue weighted by Crippen LogP contribution is -2.19. The van der Waals surface area contributed by atoms with Gasteiger partial charge in [-0.25, -0.2) is 0 Å². The Balaban J connectivity index is 2.30. The summed E-state index contributed by atoms with van der Waals surface area (Å²) in [6.45, 7) is 7.09. The molecule has 12 heavy (non-hydrogen) atoms. The molecule has 72 valence electrons. The van der Waals surface area contributed by atoms with Gasteiger partial charge in [-0.15, -0.1) is 0 Å². The Hall–Kier alpha value is 0. The van der Waals surface area contributed by atoms with E-state index in [1.807, 2.05) is 0 Å². The molecule has 0 bridgehead atoms. The monoisotopic (exact) mass is 168 g/mol. The minimum Gasteiger partial charge on any atom is -0.0654 e. The van der Waals surface area contributed by atoms with Gasteiger partial charge in [0, 0.05) is 0 Å². The quantitative estimate of drug-likeness (QED) is 0.591. The summed E-state index contributed by atoms with van der Waals surface area (Å²) in [4.78, 5) is 0. The van der Waals surface area contributed by atoms with Crippen LogP contribution in [0.25, 0.3) is 0 Å². The van der Waals surface area contributed by atoms with E-state index in [2.05, 4.69) is 20.8 Å². The third-order valence-electron chi connectivity index (χ3n) is 3.46. The maximum absolute atomic E-state index is 2.39. The van der Waals surface area contributed by atoms with Gasteiger partial charge in [0.15, 0.2) is 0 Å². The molecule has 0 heterocycles. The molecule has 0 N–H and O–H groups in total. The normalized spacial score (nSPS) is 31.0. The zero-order valence-corrected chi connectivity index (χ0v) is 8.97. The summed E-state index contributed by atoms with van der Waals surface area (Å²) < 4.78 is 0. The minimum atomic E-state index is 0.921. The van der Waals surface area contributed by atoms with Crippen molar-refractivity contribution in [2.75, 3.05) is 0 Å². The molecule has 0 radical (unpaired) electrons. The van der Waals surface area contributed by atoms with Crippen LogP contribution in [0, 0.1) is 17.8 Å². The highest BCUT2D eigenvalue weighted by Gasteiger charge is 2.23. The largest absolute Gasteiger partial charge is 0.0654 e. The van der Waals surface area contributed by atoms with Crippen LogP contribution in [0.4, 0.5) is 0 Å². The summed E-state index contributed by atoms with van der Waals surface area (Å²) in [5.41, 5.74) is 0. The Kier molecular flexibility index (Phi) is 4.11. The number of rotatable bonds is 3. The molecule has 0 amide bonds. The summed E-state index contributed by atoms with van der Waals surface area (Å²) >= 11 is 0. The van der Waals surface area contributed by atoms with E-state index < -0.39 is 0 Å². The lowest BCUT2D eigenvalue weighted by Gasteiger charge is -2.31. The van der Waals surface area contributed by atoms with Crippen molar-refractivity contribution in [1.82, 2.24) is 0 Å². The molecule has 0 aliphatic heterocycles. The average Bonchev–Trinajstić information content (AvgIpc) is 2.05. The predicted octanol–water partition coefficient (Wildman–Crippen LogP) is 4.25. The first-order valence-corrected chi connectivity index (χ1v) is 5.74. The molecule has 2 unspecified atom stereocenters. The van der Waals surface area contributed by atoms with E-state index in [-0.39, 0.29) is 0 Å². The van der Waals surface area contributed by atoms with Gasteiger partial charge in [-0.1, -0.05) is 52.9 Å². The summed E-state index contributed by atoms with van der Waals surface area (Å²) in [6, 6.07) is 0. The topological polar surface area (TPSA) is 0 Å². The van der Waals surface area contributed by atoms with Gasteiger partial charge in [0.2, 0.25) is 0 Å². The molecule has 1 fully saturated rings. The minimum absolute atomic E-state index is 0.921. The van der Waals surface area contributed by atoms with E-state index in [1.54, 1.807) is 0 Å². The summed E-state index contributed by atoms with van der Waals surface area (Å²) in [5.74, 6) is 3.02. The highest BCUT2D eigenvalue weighted by atomic mass is 14.3. The molecular weight excluding hydrogens is 144 g/mol. The number of hydrogen-bond donors (Lipinski definition) is 0. The molecule has 0 aromatic rings. The van der Waals surface area contributed by atoms with Gasteiger partial charge >= 0.3 is 0 Å². The van der Waals surface area contributed by atoms with E-state index >= 15 is 0 Å². The van der Waals surface area contributed by atoms with Crippen molar-refractivity contribution < 1.29 is 0 Å². The van der Waals surface area contributed by atoms with Crippen LogP contribution < -0.4 is 0 Å². The predicted molar refractivity (Wildman–Crippen MR) is 55.2 cm³/mol. The molecule has 1 aliphatic carbocycles. The van der Waals surface area contributed by atoms with Gasteiger partial charge in [0.25, 0.3) is 0 Å². The van der Waals surface area contributed by atoms with Crippen molar-refractivity contribution in [1.29, 1.82) is 0 Å². The molecule has 0 heteroatoms. The van der Waals surface area contributed by atoms with Gasteiger partial charge in [0.1, 0.15) is 0 Å². The second-order valence-corrected chi connectivity index (χ2v) is 4.83. The van der Waals surface area contributed by atoms with Crippen LogP contribution in [0.15, 0.2) is 0 Å². The first kappa shape index (κ1) is 10.1. The average molecular weight is 168 g/mol. The fourth-order valence-electron chi connectivity index (χ4n) is 2.61. The van der Waals surface area contributed by atoms with E-state index in [0.717, 1.165) is 17.8 Å². The van der Waals surface area contributed by atoms with E-state index in [1.165, 1.54) is 38.5 Å². The molecule has 0 saturated heterocycles. The maximum Gasteiger partial charge on any atom is -0.0388 e. The molecule has 0 aromatic heterocycles. The van der Waals surface area contributed by atoms with Crippen LogP contribution in [-0.2, 0) is 0 Å². The standard InChI is InChI=1S/C12H24/c1-4-6-11-7-5-8-12(9-11)10(2)3/h10-12H,4-9H2,1-3H3. The van der Waals surface area contributed by atoms with Gasteiger partial charge in [-0.2, -0.15) is 0 Å². The first-order chi connectivity index (χ1) is 5.74. The second kappa shape index (κ2) is 4.89. The Morgan fingerprint density at radius 2 is 2.00 bits per heavy atom. The van der Waals surface area contributed by atoms with Crippen molar-refractivity contribution >= 4 is 0 Å². The molecule has 2 atom stereocenters. The van der Waals surface area contributed by atoms with Crippen molar-refractivity contribution in [3.8, 4) is 0 Å². The molecule has 0 aromatic carbocycles. The molecule has 0 spiro atoms. The first-order valence-electron chi connectivity index (χ1n) is 5.74. The van der Waals surface area contributed by atoms with Crippen LogP contribution in [0.1, 0.15) is 59.3 Å². The van der Waals surface area contributed by atoms with Crippen LogP contribution >= 0.6 is 0 Å². The summed E-state index contributed by atoms with van der Waals surface area (Å²) in [6.07, 6.45) is 8.88. The van der Waals surface area contributed by atoms with Crippen molar-refractivity contribution in [2.45, 2.75) is 59.3 Å². The highest BCUT2D eigenvalue weighted by molar-refractivity contribution is 4.74. The maximum atomic E-state index is 2.39. The molecule has 1 rings (SSSR count). The second-order valence-electron chi connectivity index (χ2n) is 4.83. The lowest BCUT2D eigenvalue weighted by atomic mass is 9.75. The van der Waals surface area contributed by atoms with Crippen LogP contribution in [0.2, 0.25) is 0 Å². The molecular formula is C12H24. The molecule has 1 saturated carbocycles. The van der Waals surface area contributed by atoms with Gasteiger partial charge in [-0.3, -0.25) is 0 Å². The van der Waals surface area contributed by atoms with Crippen LogP contribution in [0.5, 0.6) is 0 Å². The Morgan fingerprint density at radius 1 is 1.25 bits per heavy atom. The lowest BCUT2D eigenvalue weighted by molar-refractivity contribution is 0.206. The molecule has 0 nitrogen and oxygen atoms in total. The van der Waals surface area contributed by atoms with Gasteiger partial charge in [-0.05, 0) is 24.2 Å². The van der Waals surface area contributed by atoms with E-state index in [4.69, 9.17) is 0 Å². The van der Waals surface area contributed by atoms with Crippen molar-refractivity contribution in [3.05, 3.63) is 0 Å². The Bertz CT molecular complexity index is 113. The summed E-state index contributed by atoms with van der Waals surface area (Å²) in [5, 5.41) is 0. The Labute approximate surface area is 77.7 Å². The van der Waals surface area contributed by atoms with Crippen molar-refractivity contribution in [2.24, 2.45) is 17.8 Å². The smallest absolute Gasteiger partial charge is 0.0388 e. The molecule has 1 aliphatic rings. The van der Waals surface area contributed by atoms with Crippen molar-refractivity contribution in [3.63, 3.8) is 0 Å². The van der Waals surface area contributed by atoms with Gasteiger partial charge < -0.3 is 0 Å². The fourth-order valence-corrected chi connectivity index (χ4v) is 2.61. The third-order valence-corrected chi connectivity index (χ3v) is 3.46. The Morgan fingerprint density at radius 3 is 2.58 bits per heavy atom. The van der Waals surface area contributed by atoms with Gasteiger partial charge in [0.05, 0.1) is 0 Å². The summed E-state index contributed by atoms with van der Waals surface area (Å²) in [7, 11) is 0. The number of hydrogen-bond acceptors (Lipinski definition) is 0. The SMILES string of the molecule is CCCC1CCCC(C(C)C)C1. The third kappa shape index (κ3) is 2.80. The fraction of sp³-hybridized carbons (Fsp3) is 1.00. The van der Waals surface area contributed by atoms with Crippen LogP contribution in [-0.4, -0.2) is 0 Å². The zero-order valence-electron chi connectivity index (χ0n) is 8.97. The van der Waals surface area contributed by atoms with Crippen LogP contribution in [0.3, 0.4) is 0 Å².